The van der Waals surface area contributed by atoms with E-state index in [1.165, 1.54) is 0 Å². The lowest BCUT2D eigenvalue weighted by Crippen LogP contribution is -1.99. The Morgan fingerprint density at radius 2 is 2.29 bits per heavy atom. The quantitative estimate of drug-likeness (QED) is 0.630. The molecule has 0 heterocycles. The van der Waals surface area contributed by atoms with Gasteiger partial charge >= 0.3 is 0 Å². The minimum Gasteiger partial charge on any atom is -0.396 e. The average Bonchev–Trinajstić information content (AvgIpc) is 1.68. The summed E-state index contributed by atoms with van der Waals surface area (Å²) < 4.78 is 0. The lowest BCUT2D eigenvalue weighted by atomic mass is 10.1. The normalized spacial score (nSPS) is 14.1. The Morgan fingerprint density at radius 1 is 1.71 bits per heavy atom. The summed E-state index contributed by atoms with van der Waals surface area (Å²) in [4.78, 5) is 0. The van der Waals surface area contributed by atoms with Crippen LogP contribution in [0.1, 0.15) is 13.3 Å². The zero-order chi connectivity index (χ0) is 5.70. The number of hydrogen-bond donors (Lipinski definition) is 1. The maximum absolute atomic E-state index is 8.45. The molecule has 0 radical (unpaired) electrons. The van der Waals surface area contributed by atoms with Gasteiger partial charge in [-0.1, -0.05) is 22.9 Å². The van der Waals surface area contributed by atoms with Crippen LogP contribution >= 0.6 is 15.9 Å². The van der Waals surface area contributed by atoms with Crippen molar-refractivity contribution in [2.45, 2.75) is 13.3 Å². The third-order valence-electron chi connectivity index (χ3n) is 0.914. The molecule has 0 fully saturated rings. The molecule has 0 saturated heterocycles. The van der Waals surface area contributed by atoms with Crippen LogP contribution < -0.4 is 0 Å². The van der Waals surface area contributed by atoms with Crippen LogP contribution in [-0.4, -0.2) is 17.0 Å². The molecule has 0 aliphatic rings. The topological polar surface area (TPSA) is 20.2 Å². The van der Waals surface area contributed by atoms with Crippen molar-refractivity contribution >= 4 is 15.9 Å². The second kappa shape index (κ2) is 4.60. The number of halogens is 1. The van der Waals surface area contributed by atoms with Gasteiger partial charge in [-0.3, -0.25) is 0 Å². The standard InChI is InChI=1S/C5H11BrO/c1-5(4-7)2-3-6/h5,7H,2-4H2,1H3. The molecule has 0 bridgehead atoms. The average molecular weight is 167 g/mol. The van der Waals surface area contributed by atoms with Crippen LogP contribution in [-0.2, 0) is 0 Å². The molecule has 0 amide bonds. The van der Waals surface area contributed by atoms with Gasteiger partial charge in [0.05, 0.1) is 0 Å². The summed E-state index contributed by atoms with van der Waals surface area (Å²) in [6, 6.07) is 0. The molecular formula is C5H11BrO. The predicted octanol–water partition coefficient (Wildman–Crippen LogP) is 1.40. The van der Waals surface area contributed by atoms with Gasteiger partial charge in [0.1, 0.15) is 0 Å². The highest BCUT2D eigenvalue weighted by atomic mass is 79.9. The largest absolute Gasteiger partial charge is 0.396 e. The van der Waals surface area contributed by atoms with Crippen LogP contribution in [0.15, 0.2) is 0 Å². The van der Waals surface area contributed by atoms with Crippen LogP contribution in [0, 0.1) is 5.92 Å². The third kappa shape index (κ3) is 4.29. The van der Waals surface area contributed by atoms with Crippen molar-refractivity contribution in [3.05, 3.63) is 0 Å². The van der Waals surface area contributed by atoms with Gasteiger partial charge < -0.3 is 5.11 Å². The Balaban J connectivity index is 2.83. The fraction of sp³-hybridized carbons (Fsp3) is 1.00. The Hall–Kier alpha value is 0.440. The van der Waals surface area contributed by atoms with E-state index in [-0.39, 0.29) is 0 Å². The van der Waals surface area contributed by atoms with Crippen molar-refractivity contribution < 1.29 is 5.11 Å². The second-order valence-electron chi connectivity index (χ2n) is 1.77. The molecule has 0 aromatic heterocycles. The molecule has 0 aliphatic heterocycles. The minimum absolute atomic E-state index is 0.311. The van der Waals surface area contributed by atoms with E-state index in [1.807, 2.05) is 6.92 Å². The van der Waals surface area contributed by atoms with Crippen molar-refractivity contribution in [1.29, 1.82) is 0 Å². The maximum atomic E-state index is 8.45. The van der Waals surface area contributed by atoms with Crippen molar-refractivity contribution in [3.8, 4) is 0 Å². The molecule has 0 rings (SSSR count). The monoisotopic (exact) mass is 166 g/mol. The molecule has 1 N–H and O–H groups in total. The SMILES string of the molecule is CC(CO)CCBr. The van der Waals surface area contributed by atoms with E-state index in [9.17, 15) is 0 Å². The van der Waals surface area contributed by atoms with Crippen LogP contribution in [0.3, 0.4) is 0 Å². The molecule has 0 aliphatic carbocycles. The summed E-state index contributed by atoms with van der Waals surface area (Å²) in [5.74, 6) is 0.458. The van der Waals surface area contributed by atoms with E-state index in [2.05, 4.69) is 15.9 Å². The fourth-order valence-corrected chi connectivity index (χ4v) is 1.06. The van der Waals surface area contributed by atoms with Crippen LogP contribution in [0.4, 0.5) is 0 Å². The number of aliphatic hydroxyl groups is 1. The molecule has 7 heavy (non-hydrogen) atoms. The molecule has 1 nitrogen and oxygen atoms in total. The minimum atomic E-state index is 0.311. The fourth-order valence-electron chi connectivity index (χ4n) is 0.278. The first-order valence-corrected chi connectivity index (χ1v) is 3.60. The molecular weight excluding hydrogens is 156 g/mol. The van der Waals surface area contributed by atoms with Crippen LogP contribution in [0.25, 0.3) is 0 Å². The molecule has 44 valence electrons. The summed E-state index contributed by atoms with van der Waals surface area (Å²) in [5.41, 5.74) is 0. The molecule has 1 unspecified atom stereocenters. The summed E-state index contributed by atoms with van der Waals surface area (Å²) in [6.45, 7) is 2.34. The zero-order valence-electron chi connectivity index (χ0n) is 4.52. The third-order valence-corrected chi connectivity index (χ3v) is 1.37. The Morgan fingerprint density at radius 3 is 2.43 bits per heavy atom. The van der Waals surface area contributed by atoms with Gasteiger partial charge in [-0.25, -0.2) is 0 Å². The number of alkyl halides is 1. The van der Waals surface area contributed by atoms with Crippen LogP contribution in [0.5, 0.6) is 0 Å². The van der Waals surface area contributed by atoms with Gasteiger partial charge in [0.15, 0.2) is 0 Å². The molecule has 0 saturated carbocycles. The van der Waals surface area contributed by atoms with Gasteiger partial charge in [0, 0.05) is 11.9 Å². The number of aliphatic hydroxyl groups excluding tert-OH is 1. The lowest BCUT2D eigenvalue weighted by Gasteiger charge is -2.00. The van der Waals surface area contributed by atoms with Crippen molar-refractivity contribution in [3.63, 3.8) is 0 Å². The van der Waals surface area contributed by atoms with Gasteiger partial charge in [-0.15, -0.1) is 0 Å². The summed E-state index contributed by atoms with van der Waals surface area (Å²) in [6.07, 6.45) is 1.07. The van der Waals surface area contributed by atoms with E-state index < -0.39 is 0 Å². The van der Waals surface area contributed by atoms with E-state index in [1.54, 1.807) is 0 Å². The molecule has 0 aromatic carbocycles. The first-order chi connectivity index (χ1) is 3.31. The predicted molar refractivity (Wildman–Crippen MR) is 34.7 cm³/mol. The highest BCUT2D eigenvalue weighted by Gasteiger charge is 1.94. The molecule has 0 spiro atoms. The van der Waals surface area contributed by atoms with Crippen LogP contribution in [0.2, 0.25) is 0 Å². The van der Waals surface area contributed by atoms with Gasteiger partial charge in [-0.2, -0.15) is 0 Å². The van der Waals surface area contributed by atoms with E-state index >= 15 is 0 Å². The maximum Gasteiger partial charge on any atom is 0.0456 e. The zero-order valence-corrected chi connectivity index (χ0v) is 6.11. The molecule has 0 aromatic rings. The Labute approximate surface area is 52.9 Å². The van der Waals surface area contributed by atoms with Crippen molar-refractivity contribution in [2.75, 3.05) is 11.9 Å². The van der Waals surface area contributed by atoms with Crippen molar-refractivity contribution in [2.24, 2.45) is 5.92 Å². The molecule has 2 heteroatoms. The summed E-state index contributed by atoms with van der Waals surface area (Å²) in [7, 11) is 0. The Kier molecular flexibility index (Phi) is 4.88. The highest BCUT2D eigenvalue weighted by molar-refractivity contribution is 9.09. The second-order valence-corrected chi connectivity index (χ2v) is 2.56. The lowest BCUT2D eigenvalue weighted by molar-refractivity contribution is 0.235. The van der Waals surface area contributed by atoms with E-state index in [0.29, 0.717) is 12.5 Å². The van der Waals surface area contributed by atoms with Crippen molar-refractivity contribution in [1.82, 2.24) is 0 Å². The van der Waals surface area contributed by atoms with Gasteiger partial charge in [0.2, 0.25) is 0 Å². The summed E-state index contributed by atoms with van der Waals surface area (Å²) in [5, 5.41) is 9.44. The van der Waals surface area contributed by atoms with Gasteiger partial charge in [0.25, 0.3) is 0 Å². The van der Waals surface area contributed by atoms with Gasteiger partial charge in [-0.05, 0) is 12.3 Å². The van der Waals surface area contributed by atoms with E-state index in [0.717, 1.165) is 11.8 Å². The number of rotatable bonds is 3. The smallest absolute Gasteiger partial charge is 0.0456 e. The number of hydrogen-bond acceptors (Lipinski definition) is 1. The summed E-state index contributed by atoms with van der Waals surface area (Å²) >= 11 is 3.28. The first kappa shape index (κ1) is 7.44. The first-order valence-electron chi connectivity index (χ1n) is 2.48. The highest BCUT2D eigenvalue weighted by Crippen LogP contribution is 2.01. The Bertz CT molecular complexity index is 39.1. The van der Waals surface area contributed by atoms with E-state index in [4.69, 9.17) is 5.11 Å². The molecule has 1 atom stereocenters.